The van der Waals surface area contributed by atoms with E-state index in [4.69, 9.17) is 8.83 Å². The molecule has 0 N–H and O–H groups in total. The molecule has 0 aliphatic heterocycles. The predicted octanol–water partition coefficient (Wildman–Crippen LogP) is 11.7. The molecule has 0 spiro atoms. The molecule has 10 rings (SSSR count). The normalized spacial score (nSPS) is 18.6. The molecule has 4 aliphatic carbocycles. The molecule has 0 amide bonds. The second-order valence-electron chi connectivity index (χ2n) is 14.1. The van der Waals surface area contributed by atoms with Crippen LogP contribution in [0.3, 0.4) is 0 Å². The average molecular weight is 651 g/mol. The number of hydrogen-bond donors (Lipinski definition) is 0. The van der Waals surface area contributed by atoms with Gasteiger partial charge in [-0.2, -0.15) is 0 Å². The fourth-order valence-electron chi connectivity index (χ4n) is 9.36. The minimum atomic E-state index is 0.324. The van der Waals surface area contributed by atoms with Crippen molar-refractivity contribution in [2.45, 2.75) is 62.4 Å². The Bertz CT molecular complexity index is 2080. The van der Waals surface area contributed by atoms with E-state index in [1.54, 1.807) is 22.3 Å². The Morgan fingerprint density at radius 1 is 0.531 bits per heavy atom. The van der Waals surface area contributed by atoms with Crippen LogP contribution >= 0.6 is 0 Å². The summed E-state index contributed by atoms with van der Waals surface area (Å²) >= 11 is 0. The minimum absolute atomic E-state index is 0.324. The molecule has 2 radical (unpaired) electrons. The minimum Gasteiger partial charge on any atom is -0.465 e. The van der Waals surface area contributed by atoms with E-state index >= 15 is 0 Å². The maximum absolute atomic E-state index is 6.13. The lowest BCUT2D eigenvalue weighted by Crippen LogP contribution is -2.09. The lowest BCUT2D eigenvalue weighted by Gasteiger charge is -2.22. The molecule has 0 bridgehead atoms. The molecule has 2 unspecified atom stereocenters. The van der Waals surface area contributed by atoms with Gasteiger partial charge in [-0.05, 0) is 154 Å². The topological polar surface area (TPSA) is 26.3 Å². The molecule has 4 aliphatic rings. The molecule has 2 atom stereocenters. The van der Waals surface area contributed by atoms with Gasteiger partial charge in [0.2, 0.25) is 0 Å². The zero-order valence-electron chi connectivity index (χ0n) is 27.7. The average Bonchev–Trinajstić information content (AvgIpc) is 3.99. The van der Waals surface area contributed by atoms with Crippen molar-refractivity contribution in [1.29, 1.82) is 0 Å². The smallest absolute Gasteiger partial charge is 0.130 e. The largest absolute Gasteiger partial charge is 0.465 e. The van der Waals surface area contributed by atoms with E-state index in [-0.39, 0.29) is 0 Å². The fraction of sp³-hybridized carbons (Fsp3) is 0.217. The summed E-state index contributed by atoms with van der Waals surface area (Å²) in [6, 6.07) is 37.9. The Hall–Kier alpha value is -4.86. The van der Waals surface area contributed by atoms with Gasteiger partial charge in [0.05, 0.1) is 12.5 Å². The number of hydrogen-bond acceptors (Lipinski definition) is 2. The summed E-state index contributed by atoms with van der Waals surface area (Å²) < 4.78 is 12.3. The van der Waals surface area contributed by atoms with Gasteiger partial charge in [0.25, 0.3) is 0 Å². The summed E-state index contributed by atoms with van der Waals surface area (Å²) in [5.41, 5.74) is 20.3. The number of fused-ring (bicyclic) bond motifs is 4. The second kappa shape index (κ2) is 11.9. The molecule has 49 heavy (non-hydrogen) atoms. The van der Waals surface area contributed by atoms with Crippen molar-refractivity contribution in [2.75, 3.05) is 0 Å². The van der Waals surface area contributed by atoms with Gasteiger partial charge in [-0.1, -0.05) is 72.8 Å². The standard InChI is InChI=1S/C46H38O2Si/c1-3-11-29(12-4-1)45-33-17-7-15-31(33)23-35-39(45)25-37(43-19-9-21-47-43)41(35)27-49-28-42-36-24-32-16-8-18-34(32)46(30-13-5-2-6-14-30)40(36)26-38(42)44-20-10-22-48-44/h1-6,9-14,19-26,41-42H,7-8,15-18,27-28H2. The molecular weight excluding hydrogens is 613 g/mol. The van der Waals surface area contributed by atoms with Crippen LogP contribution in [0.1, 0.15) is 80.7 Å². The van der Waals surface area contributed by atoms with E-state index in [1.807, 2.05) is 24.7 Å². The van der Waals surface area contributed by atoms with Crippen molar-refractivity contribution in [3.63, 3.8) is 0 Å². The Morgan fingerprint density at radius 2 is 1.00 bits per heavy atom. The quantitative estimate of drug-likeness (QED) is 0.153. The van der Waals surface area contributed by atoms with E-state index in [1.165, 1.54) is 94.2 Å². The highest BCUT2D eigenvalue weighted by Crippen LogP contribution is 2.53. The van der Waals surface area contributed by atoms with Gasteiger partial charge in [0, 0.05) is 32.5 Å². The first-order valence-electron chi connectivity index (χ1n) is 18.0. The maximum atomic E-state index is 6.13. The van der Waals surface area contributed by atoms with Crippen molar-refractivity contribution in [3.05, 3.63) is 166 Å². The summed E-state index contributed by atoms with van der Waals surface area (Å²) in [5.74, 6) is 2.67. The van der Waals surface area contributed by atoms with Crippen LogP contribution in [0.2, 0.25) is 12.1 Å². The van der Waals surface area contributed by atoms with E-state index in [9.17, 15) is 0 Å². The van der Waals surface area contributed by atoms with Gasteiger partial charge < -0.3 is 8.83 Å². The number of aryl methyl sites for hydroxylation is 2. The SMILES string of the molecule is C1=C(c2ccco2)C(C[Si]CC2C(c3ccco3)=Cc3c2cc2c(c3-c3ccccc3)CCC2)c2cc3c(c(-c4ccccc4)c21)CCC3. The fourth-order valence-corrected chi connectivity index (χ4v) is 11.0. The molecule has 2 aromatic heterocycles. The molecule has 0 saturated heterocycles. The third-order valence-electron chi connectivity index (χ3n) is 11.5. The van der Waals surface area contributed by atoms with E-state index < -0.39 is 0 Å². The maximum Gasteiger partial charge on any atom is 0.130 e. The summed E-state index contributed by atoms with van der Waals surface area (Å²) in [7, 11) is 0.787. The second-order valence-corrected chi connectivity index (χ2v) is 15.5. The highest BCUT2D eigenvalue weighted by atomic mass is 28.2. The van der Waals surface area contributed by atoms with Gasteiger partial charge in [-0.25, -0.2) is 0 Å². The zero-order chi connectivity index (χ0) is 32.3. The first-order chi connectivity index (χ1) is 24.3. The van der Waals surface area contributed by atoms with E-state index in [2.05, 4.69) is 97.1 Å². The van der Waals surface area contributed by atoms with E-state index in [0.717, 1.165) is 33.1 Å². The lowest BCUT2D eigenvalue weighted by atomic mass is 9.87. The third kappa shape index (κ3) is 4.81. The molecule has 3 heteroatoms. The highest BCUT2D eigenvalue weighted by Gasteiger charge is 2.36. The van der Waals surface area contributed by atoms with Crippen molar-refractivity contribution in [2.24, 2.45) is 0 Å². The number of rotatable bonds is 8. The molecule has 238 valence electrons. The van der Waals surface area contributed by atoms with Crippen LogP contribution in [0.5, 0.6) is 0 Å². The summed E-state index contributed by atoms with van der Waals surface area (Å²) in [6.07, 6.45) is 15.8. The Labute approximate surface area is 291 Å². The summed E-state index contributed by atoms with van der Waals surface area (Å²) in [6.45, 7) is 0. The first-order valence-corrected chi connectivity index (χ1v) is 19.4. The molecule has 2 nitrogen and oxygen atoms in total. The van der Waals surface area contributed by atoms with Gasteiger partial charge in [-0.15, -0.1) is 0 Å². The molecule has 0 fully saturated rings. The van der Waals surface area contributed by atoms with Crippen LogP contribution in [0.4, 0.5) is 0 Å². The summed E-state index contributed by atoms with van der Waals surface area (Å²) in [4.78, 5) is 0. The van der Waals surface area contributed by atoms with Crippen molar-refractivity contribution < 1.29 is 8.83 Å². The van der Waals surface area contributed by atoms with Gasteiger partial charge in [-0.3, -0.25) is 0 Å². The first kappa shape index (κ1) is 29.1. The van der Waals surface area contributed by atoms with Gasteiger partial charge in [0.15, 0.2) is 0 Å². The molecule has 0 saturated carbocycles. The predicted molar refractivity (Wildman–Crippen MR) is 202 cm³/mol. The van der Waals surface area contributed by atoms with Crippen molar-refractivity contribution in [3.8, 4) is 22.3 Å². The Balaban J connectivity index is 1.03. The van der Waals surface area contributed by atoms with Crippen molar-refractivity contribution in [1.82, 2.24) is 0 Å². The van der Waals surface area contributed by atoms with Crippen LogP contribution in [0, 0.1) is 0 Å². The lowest BCUT2D eigenvalue weighted by molar-refractivity contribution is 0.549. The van der Waals surface area contributed by atoms with Gasteiger partial charge >= 0.3 is 0 Å². The van der Waals surface area contributed by atoms with Crippen LogP contribution < -0.4 is 0 Å². The highest BCUT2D eigenvalue weighted by molar-refractivity contribution is 6.37. The van der Waals surface area contributed by atoms with Crippen LogP contribution in [0.25, 0.3) is 45.6 Å². The number of furan rings is 2. The third-order valence-corrected chi connectivity index (χ3v) is 12.9. The van der Waals surface area contributed by atoms with Gasteiger partial charge in [0.1, 0.15) is 11.5 Å². The molecular formula is C46H38O2Si. The number of allylic oxidation sites excluding steroid dienone is 2. The molecule has 6 aromatic rings. The number of benzene rings is 4. The van der Waals surface area contributed by atoms with E-state index in [0.29, 0.717) is 11.8 Å². The Kier molecular flexibility index (Phi) is 7.08. The zero-order valence-corrected chi connectivity index (χ0v) is 28.7. The summed E-state index contributed by atoms with van der Waals surface area (Å²) in [5, 5.41) is 0. The van der Waals surface area contributed by atoms with Crippen LogP contribution in [-0.4, -0.2) is 9.52 Å². The van der Waals surface area contributed by atoms with Crippen LogP contribution in [0.15, 0.2) is 118 Å². The van der Waals surface area contributed by atoms with Crippen LogP contribution in [-0.2, 0) is 25.7 Å². The monoisotopic (exact) mass is 650 g/mol. The van der Waals surface area contributed by atoms with Crippen molar-refractivity contribution >= 4 is 32.8 Å². The Morgan fingerprint density at radius 3 is 1.43 bits per heavy atom. The molecule has 2 heterocycles. The molecule has 4 aromatic carbocycles.